The van der Waals surface area contributed by atoms with Crippen LogP contribution in [0.3, 0.4) is 0 Å². The standard InChI is InChI=1S/C17H17ClN2O3/c1-10-6-7-13(18)9-15(10)20-16(21)11(2)23-17(22)12-4-3-5-14(19)8-12/h3-9,11H,19H2,1-2H3,(H,20,21). The maximum Gasteiger partial charge on any atom is 0.338 e. The van der Waals surface area contributed by atoms with Gasteiger partial charge in [-0.15, -0.1) is 0 Å². The van der Waals surface area contributed by atoms with E-state index >= 15 is 0 Å². The van der Waals surface area contributed by atoms with Gasteiger partial charge in [0.25, 0.3) is 5.91 Å². The van der Waals surface area contributed by atoms with Crippen molar-refractivity contribution in [1.82, 2.24) is 0 Å². The van der Waals surface area contributed by atoms with Crippen molar-refractivity contribution in [3.8, 4) is 0 Å². The van der Waals surface area contributed by atoms with E-state index < -0.39 is 18.0 Å². The highest BCUT2D eigenvalue weighted by molar-refractivity contribution is 6.31. The lowest BCUT2D eigenvalue weighted by Crippen LogP contribution is -2.30. The van der Waals surface area contributed by atoms with Crippen LogP contribution >= 0.6 is 11.6 Å². The molecule has 1 atom stereocenters. The predicted molar refractivity (Wildman–Crippen MR) is 90.6 cm³/mol. The summed E-state index contributed by atoms with van der Waals surface area (Å²) in [6, 6.07) is 11.5. The van der Waals surface area contributed by atoms with E-state index in [0.717, 1.165) is 5.56 Å². The van der Waals surface area contributed by atoms with Crippen molar-refractivity contribution >= 4 is 34.9 Å². The molecule has 0 bridgehead atoms. The van der Waals surface area contributed by atoms with Crippen LogP contribution in [0.4, 0.5) is 11.4 Å². The van der Waals surface area contributed by atoms with Crippen molar-refractivity contribution in [2.45, 2.75) is 20.0 Å². The van der Waals surface area contributed by atoms with Gasteiger partial charge in [0.2, 0.25) is 0 Å². The lowest BCUT2D eigenvalue weighted by Gasteiger charge is -2.15. The van der Waals surface area contributed by atoms with E-state index in [4.69, 9.17) is 22.1 Å². The van der Waals surface area contributed by atoms with Crippen molar-refractivity contribution < 1.29 is 14.3 Å². The van der Waals surface area contributed by atoms with Gasteiger partial charge in [-0.05, 0) is 49.7 Å². The maximum atomic E-state index is 12.2. The number of halogens is 1. The number of carbonyl (C=O) groups is 2. The summed E-state index contributed by atoms with van der Waals surface area (Å²) in [6.45, 7) is 3.34. The number of nitrogens with one attached hydrogen (secondary N) is 1. The van der Waals surface area contributed by atoms with Crippen LogP contribution in [0, 0.1) is 6.92 Å². The number of hydrogen-bond donors (Lipinski definition) is 2. The fourth-order valence-corrected chi connectivity index (χ4v) is 2.08. The molecule has 0 aliphatic carbocycles. The van der Waals surface area contributed by atoms with Crippen LogP contribution in [0.1, 0.15) is 22.8 Å². The summed E-state index contributed by atoms with van der Waals surface area (Å²) in [5, 5.41) is 3.20. The van der Waals surface area contributed by atoms with Crippen LogP contribution in [-0.4, -0.2) is 18.0 Å². The number of amides is 1. The number of rotatable bonds is 4. The first-order chi connectivity index (χ1) is 10.9. The molecular weight excluding hydrogens is 316 g/mol. The fraction of sp³-hybridized carbons (Fsp3) is 0.176. The number of nitrogens with two attached hydrogens (primary N) is 1. The molecule has 0 spiro atoms. The topological polar surface area (TPSA) is 81.4 Å². The van der Waals surface area contributed by atoms with Gasteiger partial charge in [-0.25, -0.2) is 4.79 Å². The second-order valence-electron chi connectivity index (χ2n) is 5.12. The number of hydrogen-bond acceptors (Lipinski definition) is 4. The lowest BCUT2D eigenvalue weighted by molar-refractivity contribution is -0.123. The number of aryl methyl sites for hydroxylation is 1. The number of carbonyl (C=O) groups excluding carboxylic acids is 2. The molecule has 0 radical (unpaired) electrons. The Kier molecular flexibility index (Phi) is 5.24. The summed E-state index contributed by atoms with van der Waals surface area (Å²) in [5.41, 5.74) is 7.80. The highest BCUT2D eigenvalue weighted by atomic mass is 35.5. The molecule has 2 aromatic carbocycles. The first-order valence-electron chi connectivity index (χ1n) is 7.00. The third kappa shape index (κ3) is 4.47. The molecule has 2 rings (SSSR count). The molecule has 0 heterocycles. The van der Waals surface area contributed by atoms with Gasteiger partial charge in [-0.1, -0.05) is 23.7 Å². The molecule has 1 unspecified atom stereocenters. The monoisotopic (exact) mass is 332 g/mol. The van der Waals surface area contributed by atoms with Crippen LogP contribution < -0.4 is 11.1 Å². The minimum atomic E-state index is -0.956. The summed E-state index contributed by atoms with van der Waals surface area (Å²) in [7, 11) is 0. The van der Waals surface area contributed by atoms with E-state index in [2.05, 4.69) is 5.32 Å². The fourth-order valence-electron chi connectivity index (χ4n) is 1.91. The number of ether oxygens (including phenoxy) is 1. The molecular formula is C17H17ClN2O3. The molecule has 2 aromatic rings. The zero-order valence-corrected chi connectivity index (χ0v) is 13.6. The molecule has 5 nitrogen and oxygen atoms in total. The van der Waals surface area contributed by atoms with Gasteiger partial charge in [-0.3, -0.25) is 4.79 Å². The minimum Gasteiger partial charge on any atom is -0.449 e. The van der Waals surface area contributed by atoms with Crippen molar-refractivity contribution in [3.63, 3.8) is 0 Å². The SMILES string of the molecule is Cc1ccc(Cl)cc1NC(=O)C(C)OC(=O)c1cccc(N)c1. The van der Waals surface area contributed by atoms with E-state index in [0.29, 0.717) is 22.0 Å². The highest BCUT2D eigenvalue weighted by Gasteiger charge is 2.19. The van der Waals surface area contributed by atoms with E-state index in [1.165, 1.54) is 13.0 Å². The summed E-state index contributed by atoms with van der Waals surface area (Å²) >= 11 is 5.91. The summed E-state index contributed by atoms with van der Waals surface area (Å²) in [4.78, 5) is 24.2. The van der Waals surface area contributed by atoms with E-state index in [-0.39, 0.29) is 0 Å². The second kappa shape index (κ2) is 7.15. The van der Waals surface area contributed by atoms with Crippen molar-refractivity contribution in [2.75, 3.05) is 11.1 Å². The molecule has 0 saturated heterocycles. The molecule has 0 saturated carbocycles. The van der Waals surface area contributed by atoms with Crippen LogP contribution in [-0.2, 0) is 9.53 Å². The second-order valence-corrected chi connectivity index (χ2v) is 5.56. The van der Waals surface area contributed by atoms with Gasteiger partial charge in [0.05, 0.1) is 5.56 Å². The molecule has 1 amide bonds. The number of anilines is 2. The van der Waals surface area contributed by atoms with Gasteiger partial charge in [-0.2, -0.15) is 0 Å². The van der Waals surface area contributed by atoms with Gasteiger partial charge in [0, 0.05) is 16.4 Å². The zero-order valence-electron chi connectivity index (χ0n) is 12.8. The highest BCUT2D eigenvalue weighted by Crippen LogP contribution is 2.20. The third-order valence-electron chi connectivity index (χ3n) is 3.23. The zero-order chi connectivity index (χ0) is 17.0. The average Bonchev–Trinajstić information content (AvgIpc) is 2.50. The first kappa shape index (κ1) is 16.8. The Morgan fingerprint density at radius 1 is 1.22 bits per heavy atom. The Bertz CT molecular complexity index is 746. The average molecular weight is 333 g/mol. The quantitative estimate of drug-likeness (QED) is 0.664. The molecule has 0 aliphatic heterocycles. The normalized spacial score (nSPS) is 11.6. The first-order valence-corrected chi connectivity index (χ1v) is 7.38. The van der Waals surface area contributed by atoms with Crippen LogP contribution in [0.25, 0.3) is 0 Å². The van der Waals surface area contributed by atoms with Crippen LogP contribution in [0.2, 0.25) is 5.02 Å². The molecule has 3 N–H and O–H groups in total. The summed E-state index contributed by atoms with van der Waals surface area (Å²) in [5.74, 6) is -1.05. The molecule has 0 aliphatic rings. The Morgan fingerprint density at radius 3 is 2.65 bits per heavy atom. The van der Waals surface area contributed by atoms with Crippen LogP contribution in [0.5, 0.6) is 0 Å². The Hall–Kier alpha value is -2.53. The van der Waals surface area contributed by atoms with Gasteiger partial charge < -0.3 is 15.8 Å². The third-order valence-corrected chi connectivity index (χ3v) is 3.47. The lowest BCUT2D eigenvalue weighted by atomic mass is 10.2. The van der Waals surface area contributed by atoms with Gasteiger partial charge in [0.1, 0.15) is 0 Å². The molecule has 0 fully saturated rings. The Balaban J connectivity index is 2.02. The van der Waals surface area contributed by atoms with Crippen LogP contribution in [0.15, 0.2) is 42.5 Å². The van der Waals surface area contributed by atoms with Crippen molar-refractivity contribution in [3.05, 3.63) is 58.6 Å². The molecule has 6 heteroatoms. The number of nitrogen functional groups attached to an aromatic ring is 1. The van der Waals surface area contributed by atoms with E-state index in [1.54, 1.807) is 36.4 Å². The molecule has 23 heavy (non-hydrogen) atoms. The maximum absolute atomic E-state index is 12.2. The van der Waals surface area contributed by atoms with Gasteiger partial charge in [0.15, 0.2) is 6.10 Å². The summed E-state index contributed by atoms with van der Waals surface area (Å²) in [6.07, 6.45) is -0.956. The number of esters is 1. The molecule has 120 valence electrons. The van der Waals surface area contributed by atoms with Crippen molar-refractivity contribution in [1.29, 1.82) is 0 Å². The predicted octanol–water partition coefficient (Wildman–Crippen LogP) is 3.41. The summed E-state index contributed by atoms with van der Waals surface area (Å²) < 4.78 is 5.16. The smallest absolute Gasteiger partial charge is 0.338 e. The van der Waals surface area contributed by atoms with E-state index in [9.17, 15) is 9.59 Å². The number of benzene rings is 2. The van der Waals surface area contributed by atoms with E-state index in [1.807, 2.05) is 6.92 Å². The molecule has 0 aromatic heterocycles. The van der Waals surface area contributed by atoms with Gasteiger partial charge >= 0.3 is 5.97 Å². The van der Waals surface area contributed by atoms with Crippen molar-refractivity contribution in [2.24, 2.45) is 0 Å². The largest absolute Gasteiger partial charge is 0.449 e. The minimum absolute atomic E-state index is 0.295. The Morgan fingerprint density at radius 2 is 1.96 bits per heavy atom. The Labute approximate surface area is 139 Å².